The summed E-state index contributed by atoms with van der Waals surface area (Å²) < 4.78 is 0. The van der Waals surface area contributed by atoms with Crippen LogP contribution >= 0.6 is 11.8 Å². The molecule has 0 aliphatic heterocycles. The van der Waals surface area contributed by atoms with Crippen LogP contribution in [0.5, 0.6) is 0 Å². The van der Waals surface area contributed by atoms with Crippen LogP contribution in [-0.4, -0.2) is 25.0 Å². The lowest BCUT2D eigenvalue weighted by Crippen LogP contribution is -1.90. The molecule has 6 heteroatoms. The maximum absolute atomic E-state index is 8.91. The van der Waals surface area contributed by atoms with Crippen LogP contribution < -0.4 is 0 Å². The Hall–Kier alpha value is -1.92. The summed E-state index contributed by atoms with van der Waals surface area (Å²) >= 11 is 1.36. The molecule has 0 aliphatic carbocycles. The van der Waals surface area contributed by atoms with Gasteiger partial charge in [0, 0.05) is 18.0 Å². The normalized spacial score (nSPS) is 10.9. The molecule has 2 aromatic heterocycles. The average Bonchev–Trinajstić information content (AvgIpc) is 2.82. The maximum Gasteiger partial charge on any atom is 0.195 e. The molecule has 0 aliphatic rings. The minimum Gasteiger partial charge on any atom is -0.392 e. The molecule has 0 saturated carbocycles. The Labute approximate surface area is 107 Å². The van der Waals surface area contributed by atoms with Gasteiger partial charge in [-0.25, -0.2) is 15.0 Å². The number of aliphatic hydroxyl groups excluding tert-OH is 1. The number of aliphatic hydroxyl groups is 1. The van der Waals surface area contributed by atoms with Crippen LogP contribution in [0.15, 0.2) is 47.0 Å². The molecular weight excluding hydrogens is 248 g/mol. The van der Waals surface area contributed by atoms with Gasteiger partial charge in [0.1, 0.15) is 0 Å². The largest absolute Gasteiger partial charge is 0.392 e. The zero-order valence-electron chi connectivity index (χ0n) is 9.37. The molecule has 2 heterocycles. The summed E-state index contributed by atoms with van der Waals surface area (Å²) in [6.07, 6.45) is 3.22. The van der Waals surface area contributed by atoms with E-state index in [2.05, 4.69) is 19.9 Å². The molecule has 0 spiro atoms. The van der Waals surface area contributed by atoms with Gasteiger partial charge in [0.25, 0.3) is 0 Å². The molecule has 0 fully saturated rings. The van der Waals surface area contributed by atoms with Crippen LogP contribution in [0.1, 0.15) is 5.56 Å². The number of rotatable bonds is 3. The van der Waals surface area contributed by atoms with Gasteiger partial charge in [0.15, 0.2) is 10.3 Å². The van der Waals surface area contributed by atoms with E-state index in [1.165, 1.54) is 11.8 Å². The number of hydrogen-bond acceptors (Lipinski definition) is 5. The van der Waals surface area contributed by atoms with Crippen LogP contribution in [0.4, 0.5) is 0 Å². The number of imidazole rings is 1. The number of para-hydroxylation sites is 2. The van der Waals surface area contributed by atoms with E-state index in [0.717, 1.165) is 16.2 Å². The summed E-state index contributed by atoms with van der Waals surface area (Å²) in [6, 6.07) is 7.83. The standard InChI is InChI=1S/C12H10N4OS/c17-7-8-5-13-11(14-6-8)18-12-15-9-3-1-2-4-10(9)16-12/h1-6,17H,7H2,(H,15,16). The zero-order valence-corrected chi connectivity index (χ0v) is 10.2. The lowest BCUT2D eigenvalue weighted by Gasteiger charge is -1.97. The quantitative estimate of drug-likeness (QED) is 0.703. The summed E-state index contributed by atoms with van der Waals surface area (Å²) in [4.78, 5) is 15.9. The predicted octanol–water partition coefficient (Wildman–Crippen LogP) is 2.00. The first-order valence-corrected chi connectivity index (χ1v) is 6.21. The number of H-pyrrole nitrogens is 1. The summed E-state index contributed by atoms with van der Waals surface area (Å²) in [6.45, 7) is -0.0460. The van der Waals surface area contributed by atoms with Crippen molar-refractivity contribution in [3.8, 4) is 0 Å². The Kier molecular flexibility index (Phi) is 2.95. The Morgan fingerprint density at radius 3 is 2.67 bits per heavy atom. The number of aromatic nitrogens is 4. The molecule has 3 aromatic rings. The van der Waals surface area contributed by atoms with E-state index in [4.69, 9.17) is 5.11 Å². The van der Waals surface area contributed by atoms with Crippen molar-refractivity contribution in [1.29, 1.82) is 0 Å². The number of fused-ring (bicyclic) bond motifs is 1. The topological polar surface area (TPSA) is 74.7 Å². The number of hydrogen-bond donors (Lipinski definition) is 2. The smallest absolute Gasteiger partial charge is 0.195 e. The molecule has 0 radical (unpaired) electrons. The SMILES string of the molecule is OCc1cnc(Sc2nc3ccccc3[nH]2)nc1. The molecule has 3 rings (SSSR count). The van der Waals surface area contributed by atoms with Gasteiger partial charge < -0.3 is 10.1 Å². The highest BCUT2D eigenvalue weighted by atomic mass is 32.2. The Balaban J connectivity index is 1.86. The second kappa shape index (κ2) is 4.75. The maximum atomic E-state index is 8.91. The summed E-state index contributed by atoms with van der Waals surface area (Å²) in [5, 5.41) is 10.3. The van der Waals surface area contributed by atoms with Gasteiger partial charge in [0.05, 0.1) is 17.6 Å². The van der Waals surface area contributed by atoms with E-state index >= 15 is 0 Å². The molecule has 0 bridgehead atoms. The van der Waals surface area contributed by atoms with Gasteiger partial charge in [-0.3, -0.25) is 0 Å². The third-order valence-electron chi connectivity index (χ3n) is 2.42. The van der Waals surface area contributed by atoms with Crippen molar-refractivity contribution < 1.29 is 5.11 Å². The summed E-state index contributed by atoms with van der Waals surface area (Å²) in [5.41, 5.74) is 2.61. The van der Waals surface area contributed by atoms with Crippen molar-refractivity contribution in [2.45, 2.75) is 16.9 Å². The van der Waals surface area contributed by atoms with Crippen molar-refractivity contribution >= 4 is 22.8 Å². The van der Waals surface area contributed by atoms with Crippen molar-refractivity contribution in [1.82, 2.24) is 19.9 Å². The predicted molar refractivity (Wildman–Crippen MR) is 68.2 cm³/mol. The molecule has 0 saturated heterocycles. The van der Waals surface area contributed by atoms with E-state index in [-0.39, 0.29) is 6.61 Å². The molecule has 5 nitrogen and oxygen atoms in total. The van der Waals surface area contributed by atoms with Crippen LogP contribution in [0.25, 0.3) is 11.0 Å². The van der Waals surface area contributed by atoms with Crippen molar-refractivity contribution in [2.75, 3.05) is 0 Å². The second-order valence-corrected chi connectivity index (χ2v) is 4.65. The van der Waals surface area contributed by atoms with Gasteiger partial charge in [0.2, 0.25) is 0 Å². The van der Waals surface area contributed by atoms with Gasteiger partial charge in [-0.1, -0.05) is 12.1 Å². The van der Waals surface area contributed by atoms with Crippen molar-refractivity contribution in [3.05, 3.63) is 42.2 Å². The number of nitrogens with zero attached hydrogens (tertiary/aromatic N) is 3. The van der Waals surface area contributed by atoms with Gasteiger partial charge in [-0.2, -0.15) is 0 Å². The Morgan fingerprint density at radius 2 is 1.94 bits per heavy atom. The first-order valence-electron chi connectivity index (χ1n) is 5.39. The highest BCUT2D eigenvalue weighted by Gasteiger charge is 2.06. The number of benzene rings is 1. The van der Waals surface area contributed by atoms with Gasteiger partial charge >= 0.3 is 0 Å². The van der Waals surface area contributed by atoms with Gasteiger partial charge in [-0.05, 0) is 23.9 Å². The minimum atomic E-state index is -0.0460. The molecule has 2 N–H and O–H groups in total. The molecule has 0 atom stereocenters. The number of aromatic amines is 1. The fourth-order valence-corrected chi connectivity index (χ4v) is 2.23. The number of nitrogens with one attached hydrogen (secondary N) is 1. The average molecular weight is 258 g/mol. The van der Waals surface area contributed by atoms with Crippen LogP contribution in [0, 0.1) is 0 Å². The molecular formula is C12H10N4OS. The fraction of sp³-hybridized carbons (Fsp3) is 0.0833. The first-order chi connectivity index (χ1) is 8.85. The zero-order chi connectivity index (χ0) is 12.4. The lowest BCUT2D eigenvalue weighted by atomic mass is 10.3. The monoisotopic (exact) mass is 258 g/mol. The van der Waals surface area contributed by atoms with E-state index < -0.39 is 0 Å². The summed E-state index contributed by atoms with van der Waals surface area (Å²) in [7, 11) is 0. The fourth-order valence-electron chi connectivity index (χ4n) is 1.54. The Bertz CT molecular complexity index is 632. The molecule has 1 aromatic carbocycles. The lowest BCUT2D eigenvalue weighted by molar-refractivity contribution is 0.280. The highest BCUT2D eigenvalue weighted by Crippen LogP contribution is 2.23. The van der Waals surface area contributed by atoms with Crippen LogP contribution in [-0.2, 0) is 6.61 Å². The van der Waals surface area contributed by atoms with E-state index in [9.17, 15) is 0 Å². The molecule has 0 amide bonds. The minimum absolute atomic E-state index is 0.0460. The van der Waals surface area contributed by atoms with Gasteiger partial charge in [-0.15, -0.1) is 0 Å². The van der Waals surface area contributed by atoms with E-state index in [1.54, 1.807) is 12.4 Å². The molecule has 0 unspecified atom stereocenters. The third-order valence-corrected chi connectivity index (χ3v) is 3.20. The van der Waals surface area contributed by atoms with Crippen molar-refractivity contribution in [3.63, 3.8) is 0 Å². The highest BCUT2D eigenvalue weighted by molar-refractivity contribution is 7.99. The van der Waals surface area contributed by atoms with Crippen LogP contribution in [0.3, 0.4) is 0 Å². The Morgan fingerprint density at radius 1 is 1.17 bits per heavy atom. The van der Waals surface area contributed by atoms with Crippen molar-refractivity contribution in [2.24, 2.45) is 0 Å². The summed E-state index contributed by atoms with van der Waals surface area (Å²) in [5.74, 6) is 0. The van der Waals surface area contributed by atoms with Crippen LogP contribution in [0.2, 0.25) is 0 Å². The first kappa shape index (κ1) is 11.2. The molecule has 90 valence electrons. The van der Waals surface area contributed by atoms with E-state index in [1.807, 2.05) is 24.3 Å². The second-order valence-electron chi connectivity index (χ2n) is 3.69. The molecule has 18 heavy (non-hydrogen) atoms. The van der Waals surface area contributed by atoms with E-state index in [0.29, 0.717) is 10.7 Å². The third kappa shape index (κ3) is 2.20.